The zero-order valence-corrected chi connectivity index (χ0v) is 18.7. The van der Waals surface area contributed by atoms with Crippen molar-refractivity contribution in [2.24, 2.45) is 4.99 Å². The first-order chi connectivity index (χ1) is 13.3. The topological polar surface area (TPSA) is 63.0 Å². The van der Waals surface area contributed by atoms with Gasteiger partial charge in [-0.25, -0.2) is 4.98 Å². The molecule has 0 saturated heterocycles. The van der Waals surface area contributed by atoms with Crippen molar-refractivity contribution in [3.8, 4) is 5.75 Å². The molecule has 2 N–H and O–H groups in total. The Morgan fingerprint density at radius 2 is 1.89 bits per heavy atom. The van der Waals surface area contributed by atoms with Crippen molar-refractivity contribution in [1.82, 2.24) is 20.0 Å². The number of ether oxygens (including phenoxy) is 1. The van der Waals surface area contributed by atoms with Gasteiger partial charge in [-0.3, -0.25) is 4.99 Å². The van der Waals surface area contributed by atoms with Crippen molar-refractivity contribution >= 4 is 35.6 Å². The first-order valence-electron chi connectivity index (χ1n) is 9.32. The van der Waals surface area contributed by atoms with Crippen LogP contribution < -0.4 is 15.4 Å². The number of hydrogen-bond acceptors (Lipinski definition) is 3. The van der Waals surface area contributed by atoms with Crippen LogP contribution in [0, 0.1) is 6.92 Å². The number of nitrogens with zero attached hydrogens (tertiary/aromatic N) is 3. The van der Waals surface area contributed by atoms with E-state index in [4.69, 9.17) is 9.72 Å². The number of para-hydroxylation sites is 1. The summed E-state index contributed by atoms with van der Waals surface area (Å²) in [6.45, 7) is 4.34. The zero-order chi connectivity index (χ0) is 18.9. The number of halogens is 1. The second kappa shape index (κ2) is 11.5. The molecule has 150 valence electrons. The fourth-order valence-corrected chi connectivity index (χ4v) is 2.84. The highest BCUT2D eigenvalue weighted by Crippen LogP contribution is 2.10. The standard InChI is InChI=1S/C21H27N5O.HI/c1-17-8-6-14-26-16-18(25-20(17)26)11-13-24-21(22-2)23-12-7-15-27-19-9-4-3-5-10-19;/h3-6,8-10,14,16H,7,11-13,15H2,1-2H3,(H2,22,23,24);1H. The lowest BCUT2D eigenvalue weighted by molar-refractivity contribution is 0.311. The Kier molecular flexibility index (Phi) is 9.06. The summed E-state index contributed by atoms with van der Waals surface area (Å²) in [5, 5.41) is 6.65. The van der Waals surface area contributed by atoms with Gasteiger partial charge in [-0.2, -0.15) is 0 Å². The molecule has 0 saturated carbocycles. The lowest BCUT2D eigenvalue weighted by atomic mass is 10.3. The maximum Gasteiger partial charge on any atom is 0.190 e. The largest absolute Gasteiger partial charge is 0.494 e. The fourth-order valence-electron chi connectivity index (χ4n) is 2.84. The van der Waals surface area contributed by atoms with Crippen molar-refractivity contribution in [1.29, 1.82) is 0 Å². The molecule has 2 heterocycles. The van der Waals surface area contributed by atoms with Gasteiger partial charge in [0.1, 0.15) is 11.4 Å². The van der Waals surface area contributed by atoms with E-state index in [1.54, 1.807) is 7.05 Å². The average molecular weight is 493 g/mol. The van der Waals surface area contributed by atoms with Gasteiger partial charge >= 0.3 is 0 Å². The molecule has 3 aromatic rings. The molecule has 0 spiro atoms. The number of aromatic nitrogens is 2. The third kappa shape index (κ3) is 6.40. The molecule has 3 rings (SSSR count). The van der Waals surface area contributed by atoms with Gasteiger partial charge in [0.2, 0.25) is 0 Å². The van der Waals surface area contributed by atoms with Crippen LogP contribution in [0.4, 0.5) is 0 Å². The monoisotopic (exact) mass is 493 g/mol. The van der Waals surface area contributed by atoms with E-state index < -0.39 is 0 Å². The average Bonchev–Trinajstić information content (AvgIpc) is 3.11. The van der Waals surface area contributed by atoms with E-state index in [0.717, 1.165) is 49.0 Å². The Bertz CT molecular complexity index is 879. The van der Waals surface area contributed by atoms with Crippen LogP contribution in [-0.2, 0) is 6.42 Å². The van der Waals surface area contributed by atoms with Crippen LogP contribution in [0.2, 0.25) is 0 Å². The Morgan fingerprint density at radius 1 is 1.11 bits per heavy atom. The van der Waals surface area contributed by atoms with E-state index in [2.05, 4.69) is 39.2 Å². The Balaban J connectivity index is 0.00000280. The molecule has 1 aromatic carbocycles. The molecule has 6 nitrogen and oxygen atoms in total. The normalized spacial score (nSPS) is 11.1. The molecule has 0 radical (unpaired) electrons. The minimum absolute atomic E-state index is 0. The Morgan fingerprint density at radius 3 is 2.64 bits per heavy atom. The number of benzene rings is 1. The van der Waals surface area contributed by atoms with Crippen molar-refractivity contribution in [2.75, 3.05) is 26.7 Å². The van der Waals surface area contributed by atoms with Gasteiger partial charge in [0.25, 0.3) is 0 Å². The lowest BCUT2D eigenvalue weighted by Gasteiger charge is -2.11. The van der Waals surface area contributed by atoms with Crippen LogP contribution in [0.1, 0.15) is 17.7 Å². The lowest BCUT2D eigenvalue weighted by Crippen LogP contribution is -2.39. The number of aryl methyl sites for hydroxylation is 1. The first kappa shape index (κ1) is 22.0. The smallest absolute Gasteiger partial charge is 0.190 e. The van der Waals surface area contributed by atoms with Crippen molar-refractivity contribution in [3.05, 3.63) is 66.1 Å². The molecule has 0 bridgehead atoms. The second-order valence-corrected chi connectivity index (χ2v) is 6.35. The number of guanidine groups is 1. The number of fused-ring (bicyclic) bond motifs is 1. The zero-order valence-electron chi connectivity index (χ0n) is 16.4. The maximum atomic E-state index is 5.69. The van der Waals surface area contributed by atoms with Crippen molar-refractivity contribution < 1.29 is 4.74 Å². The van der Waals surface area contributed by atoms with Crippen LogP contribution >= 0.6 is 24.0 Å². The van der Waals surface area contributed by atoms with Crippen LogP contribution in [0.15, 0.2) is 59.9 Å². The summed E-state index contributed by atoms with van der Waals surface area (Å²) in [4.78, 5) is 8.96. The van der Waals surface area contributed by atoms with E-state index in [0.29, 0.717) is 6.61 Å². The van der Waals surface area contributed by atoms with Crippen molar-refractivity contribution in [2.45, 2.75) is 19.8 Å². The highest BCUT2D eigenvalue weighted by Gasteiger charge is 2.04. The summed E-state index contributed by atoms with van der Waals surface area (Å²) in [5.41, 5.74) is 3.28. The highest BCUT2D eigenvalue weighted by atomic mass is 127. The van der Waals surface area contributed by atoms with Crippen LogP contribution in [0.3, 0.4) is 0 Å². The number of imidazole rings is 1. The molecule has 0 unspecified atom stereocenters. The molecular formula is C21H28IN5O. The van der Waals surface area contributed by atoms with E-state index in [1.807, 2.05) is 42.6 Å². The summed E-state index contributed by atoms with van der Waals surface area (Å²) >= 11 is 0. The summed E-state index contributed by atoms with van der Waals surface area (Å²) in [6.07, 6.45) is 5.87. The molecule has 28 heavy (non-hydrogen) atoms. The predicted molar refractivity (Wildman–Crippen MR) is 125 cm³/mol. The van der Waals surface area contributed by atoms with Gasteiger partial charge in [-0.15, -0.1) is 24.0 Å². The minimum Gasteiger partial charge on any atom is -0.494 e. The maximum absolute atomic E-state index is 5.69. The summed E-state index contributed by atoms with van der Waals surface area (Å²) in [5.74, 6) is 1.71. The third-order valence-electron chi connectivity index (χ3n) is 4.25. The molecule has 0 fully saturated rings. The van der Waals surface area contributed by atoms with Crippen LogP contribution in [-0.4, -0.2) is 42.1 Å². The van der Waals surface area contributed by atoms with Gasteiger partial charge < -0.3 is 19.8 Å². The molecule has 2 aromatic heterocycles. The van der Waals surface area contributed by atoms with Gasteiger partial charge in [0.05, 0.1) is 12.3 Å². The fraction of sp³-hybridized carbons (Fsp3) is 0.333. The molecule has 0 aliphatic carbocycles. The summed E-state index contributed by atoms with van der Waals surface area (Å²) in [6, 6.07) is 14.0. The highest BCUT2D eigenvalue weighted by molar-refractivity contribution is 14.0. The minimum atomic E-state index is 0. The van der Waals surface area contributed by atoms with E-state index in [9.17, 15) is 0 Å². The molecule has 7 heteroatoms. The molecule has 0 aliphatic rings. The van der Waals surface area contributed by atoms with Gasteiger partial charge in [0.15, 0.2) is 5.96 Å². The summed E-state index contributed by atoms with van der Waals surface area (Å²) in [7, 11) is 1.78. The molecule has 0 amide bonds. The number of nitrogens with one attached hydrogen (secondary N) is 2. The van der Waals surface area contributed by atoms with E-state index in [1.165, 1.54) is 5.56 Å². The summed E-state index contributed by atoms with van der Waals surface area (Å²) < 4.78 is 7.76. The second-order valence-electron chi connectivity index (χ2n) is 6.35. The molecular weight excluding hydrogens is 465 g/mol. The van der Waals surface area contributed by atoms with Gasteiger partial charge in [0, 0.05) is 39.0 Å². The van der Waals surface area contributed by atoms with Gasteiger partial charge in [-0.1, -0.05) is 24.3 Å². The van der Waals surface area contributed by atoms with E-state index >= 15 is 0 Å². The quantitative estimate of drug-likeness (QED) is 0.219. The number of aliphatic imine (C=N–C) groups is 1. The third-order valence-corrected chi connectivity index (χ3v) is 4.25. The first-order valence-corrected chi connectivity index (χ1v) is 9.32. The van der Waals surface area contributed by atoms with E-state index in [-0.39, 0.29) is 24.0 Å². The van der Waals surface area contributed by atoms with Crippen LogP contribution in [0.25, 0.3) is 5.65 Å². The Hall–Kier alpha value is -2.29. The molecule has 0 aliphatic heterocycles. The number of rotatable bonds is 8. The Labute approximate surface area is 183 Å². The SMILES string of the molecule is CN=C(NCCCOc1ccccc1)NCCc1cn2cccc(C)c2n1.I. The van der Waals surface area contributed by atoms with Crippen LogP contribution in [0.5, 0.6) is 5.75 Å². The number of pyridine rings is 1. The molecule has 0 atom stereocenters. The van der Waals surface area contributed by atoms with Gasteiger partial charge in [-0.05, 0) is 37.1 Å². The predicted octanol–water partition coefficient (Wildman–Crippen LogP) is 3.44. The van der Waals surface area contributed by atoms with Crippen molar-refractivity contribution in [3.63, 3.8) is 0 Å². The number of hydrogen-bond donors (Lipinski definition) is 2.